The van der Waals surface area contributed by atoms with E-state index in [-0.39, 0.29) is 5.78 Å². The van der Waals surface area contributed by atoms with Crippen LogP contribution in [0.1, 0.15) is 32.8 Å². The number of nitrogens with zero attached hydrogens (tertiary/aromatic N) is 3. The van der Waals surface area contributed by atoms with Crippen LogP contribution >= 0.6 is 11.8 Å². The first-order chi connectivity index (χ1) is 11.5. The van der Waals surface area contributed by atoms with Crippen molar-refractivity contribution in [2.24, 2.45) is 15.0 Å². The highest BCUT2D eigenvalue weighted by molar-refractivity contribution is 8.14. The van der Waals surface area contributed by atoms with Crippen LogP contribution in [0, 0.1) is 0 Å². The van der Waals surface area contributed by atoms with Gasteiger partial charge in [-0.1, -0.05) is 6.92 Å². The maximum atomic E-state index is 11.9. The average molecular weight is 346 g/mol. The number of amides is 2. The van der Waals surface area contributed by atoms with E-state index < -0.39 is 6.03 Å². The Labute approximate surface area is 146 Å². The van der Waals surface area contributed by atoms with Crippen LogP contribution in [0.4, 0.5) is 10.5 Å². The maximum Gasteiger partial charge on any atom is 0.346 e. The fraction of sp³-hybridized carbons (Fsp3) is 0.353. The van der Waals surface area contributed by atoms with E-state index in [1.54, 1.807) is 32.3 Å². The first-order valence-electron chi connectivity index (χ1n) is 7.56. The lowest BCUT2D eigenvalue weighted by Gasteiger charge is -2.05. The summed E-state index contributed by atoms with van der Waals surface area (Å²) < 4.78 is 0. The van der Waals surface area contributed by atoms with Crippen LogP contribution in [0.5, 0.6) is 0 Å². The van der Waals surface area contributed by atoms with Gasteiger partial charge in [-0.2, -0.15) is 4.99 Å². The van der Waals surface area contributed by atoms with Crippen LogP contribution in [0.2, 0.25) is 0 Å². The van der Waals surface area contributed by atoms with Gasteiger partial charge in [0, 0.05) is 30.9 Å². The topological polar surface area (TPSA) is 83.2 Å². The number of ketones is 1. The van der Waals surface area contributed by atoms with Gasteiger partial charge in [-0.05, 0) is 38.1 Å². The van der Waals surface area contributed by atoms with E-state index in [1.807, 2.05) is 26.0 Å². The van der Waals surface area contributed by atoms with E-state index in [0.29, 0.717) is 28.7 Å². The summed E-state index contributed by atoms with van der Waals surface area (Å²) in [7, 11) is 1.68. The molecule has 0 aliphatic carbocycles. The highest BCUT2D eigenvalue weighted by Gasteiger charge is 2.05. The van der Waals surface area contributed by atoms with Crippen molar-refractivity contribution in [1.29, 1.82) is 0 Å². The zero-order valence-electron chi connectivity index (χ0n) is 14.4. The SMILES string of the molecule is CC=NC(=NC)c1ccc(NC(=O)/N=C(/C)SCC(=O)CC)cc1. The largest absolute Gasteiger partial charge is 0.346 e. The molecule has 0 atom stereocenters. The van der Waals surface area contributed by atoms with E-state index in [0.717, 1.165) is 5.56 Å². The molecule has 0 saturated carbocycles. The minimum atomic E-state index is -0.465. The van der Waals surface area contributed by atoms with Gasteiger partial charge in [-0.15, -0.1) is 11.8 Å². The number of amidine groups is 1. The van der Waals surface area contributed by atoms with Gasteiger partial charge in [0.25, 0.3) is 0 Å². The molecule has 0 aliphatic rings. The first-order valence-corrected chi connectivity index (χ1v) is 8.55. The second-order valence-corrected chi connectivity index (χ2v) is 5.92. The number of thioether (sulfide) groups is 1. The molecule has 0 spiro atoms. The summed E-state index contributed by atoms with van der Waals surface area (Å²) in [4.78, 5) is 35.3. The highest BCUT2D eigenvalue weighted by atomic mass is 32.2. The molecule has 6 nitrogen and oxygen atoms in total. The molecular formula is C17H22N4O2S. The van der Waals surface area contributed by atoms with Crippen LogP contribution in [-0.4, -0.2) is 41.7 Å². The molecule has 24 heavy (non-hydrogen) atoms. The summed E-state index contributed by atoms with van der Waals surface area (Å²) in [6, 6.07) is 6.73. The van der Waals surface area contributed by atoms with E-state index in [9.17, 15) is 9.59 Å². The quantitative estimate of drug-likeness (QED) is 0.650. The third-order valence-corrected chi connectivity index (χ3v) is 3.93. The number of urea groups is 1. The summed E-state index contributed by atoms with van der Waals surface area (Å²) in [5.41, 5.74) is 1.49. The Morgan fingerprint density at radius 1 is 1.25 bits per heavy atom. The van der Waals surface area contributed by atoms with Crippen molar-refractivity contribution in [3.63, 3.8) is 0 Å². The molecule has 0 unspecified atom stereocenters. The molecule has 0 aliphatic heterocycles. The molecule has 1 rings (SSSR count). The summed E-state index contributed by atoms with van der Waals surface area (Å²) in [6.07, 6.45) is 2.17. The van der Waals surface area contributed by atoms with E-state index in [1.165, 1.54) is 11.8 Å². The Morgan fingerprint density at radius 3 is 2.46 bits per heavy atom. The molecular weight excluding hydrogens is 324 g/mol. The van der Waals surface area contributed by atoms with Crippen molar-refractivity contribution in [2.75, 3.05) is 18.1 Å². The van der Waals surface area contributed by atoms with Gasteiger partial charge in [0.1, 0.15) is 5.78 Å². The fourth-order valence-corrected chi connectivity index (χ4v) is 2.42. The van der Waals surface area contributed by atoms with Gasteiger partial charge in [-0.25, -0.2) is 9.79 Å². The second kappa shape index (κ2) is 10.5. The van der Waals surface area contributed by atoms with Gasteiger partial charge in [0.05, 0.1) is 10.8 Å². The number of anilines is 1. The number of Topliss-reactive ketones (excluding diaryl/α,β-unsaturated/α-hetero) is 1. The van der Waals surface area contributed by atoms with Gasteiger partial charge >= 0.3 is 6.03 Å². The Bertz CT molecular complexity index is 664. The van der Waals surface area contributed by atoms with Crippen molar-refractivity contribution in [3.05, 3.63) is 29.8 Å². The smallest absolute Gasteiger partial charge is 0.306 e. The molecule has 0 bridgehead atoms. The van der Waals surface area contributed by atoms with Gasteiger partial charge in [0.2, 0.25) is 0 Å². The van der Waals surface area contributed by atoms with Gasteiger partial charge in [0.15, 0.2) is 5.84 Å². The van der Waals surface area contributed by atoms with E-state index in [2.05, 4.69) is 20.3 Å². The third-order valence-electron chi connectivity index (χ3n) is 2.95. The summed E-state index contributed by atoms with van der Waals surface area (Å²) in [5, 5.41) is 3.25. The number of carbonyl (C=O) groups is 2. The van der Waals surface area contributed by atoms with Gasteiger partial charge in [-0.3, -0.25) is 9.79 Å². The molecule has 1 aromatic carbocycles. The molecule has 0 heterocycles. The molecule has 0 fully saturated rings. The minimum absolute atomic E-state index is 0.133. The number of carbonyl (C=O) groups excluding carboxylic acids is 2. The Morgan fingerprint density at radius 2 is 1.92 bits per heavy atom. The van der Waals surface area contributed by atoms with Crippen LogP contribution in [0.15, 0.2) is 39.2 Å². The number of nitrogens with one attached hydrogen (secondary N) is 1. The number of aliphatic imine (C=N–C) groups is 3. The second-order valence-electron chi connectivity index (χ2n) is 4.75. The molecule has 2 amide bonds. The predicted molar refractivity (Wildman–Crippen MR) is 103 cm³/mol. The van der Waals surface area contributed by atoms with Crippen LogP contribution in [-0.2, 0) is 4.79 Å². The molecule has 1 aromatic rings. The summed E-state index contributed by atoms with van der Waals surface area (Å²) in [6.45, 7) is 5.35. The van der Waals surface area contributed by atoms with Crippen molar-refractivity contribution in [1.82, 2.24) is 0 Å². The predicted octanol–water partition coefficient (Wildman–Crippen LogP) is 3.82. The summed E-state index contributed by atoms with van der Waals surface area (Å²) >= 11 is 1.27. The van der Waals surface area contributed by atoms with Crippen molar-refractivity contribution in [2.45, 2.75) is 27.2 Å². The van der Waals surface area contributed by atoms with Crippen LogP contribution in [0.25, 0.3) is 0 Å². The monoisotopic (exact) mass is 346 g/mol. The van der Waals surface area contributed by atoms with E-state index >= 15 is 0 Å². The minimum Gasteiger partial charge on any atom is -0.306 e. The zero-order valence-corrected chi connectivity index (χ0v) is 15.2. The number of rotatable bonds is 5. The van der Waals surface area contributed by atoms with Crippen molar-refractivity contribution >= 4 is 46.4 Å². The lowest BCUT2D eigenvalue weighted by Crippen LogP contribution is -2.09. The lowest BCUT2D eigenvalue weighted by molar-refractivity contribution is -0.116. The molecule has 0 aromatic heterocycles. The maximum absolute atomic E-state index is 11.9. The Kier molecular flexibility index (Phi) is 8.64. The van der Waals surface area contributed by atoms with Crippen LogP contribution < -0.4 is 5.32 Å². The van der Waals surface area contributed by atoms with Crippen molar-refractivity contribution in [3.8, 4) is 0 Å². The molecule has 1 N–H and O–H groups in total. The molecule has 0 radical (unpaired) electrons. The van der Waals surface area contributed by atoms with E-state index in [4.69, 9.17) is 0 Å². The highest BCUT2D eigenvalue weighted by Crippen LogP contribution is 2.12. The zero-order chi connectivity index (χ0) is 17.9. The first kappa shape index (κ1) is 19.8. The molecule has 0 saturated heterocycles. The standard InChI is InChI=1S/C17H22N4O2S/c1-5-15(22)11-24-12(3)20-17(23)21-14-9-7-13(8-10-14)16(18-4)19-6-2/h6-10H,5,11H2,1-4H3,(H,21,23)/b18-16?,19-6?,20-12-. The average Bonchev–Trinajstić information content (AvgIpc) is 2.58. The summed E-state index contributed by atoms with van der Waals surface area (Å²) in [5.74, 6) is 1.10. The lowest BCUT2D eigenvalue weighted by atomic mass is 10.2. The molecule has 7 heteroatoms. The van der Waals surface area contributed by atoms with Gasteiger partial charge < -0.3 is 5.32 Å². The number of hydrogen-bond acceptors (Lipinski definition) is 4. The van der Waals surface area contributed by atoms with Crippen molar-refractivity contribution < 1.29 is 9.59 Å². The normalized spacial score (nSPS) is 12.5. The fourth-order valence-electron chi connectivity index (χ4n) is 1.70. The Balaban J connectivity index is 2.66. The number of benzene rings is 1. The Hall–Kier alpha value is -2.28. The number of hydrogen-bond donors (Lipinski definition) is 1. The van der Waals surface area contributed by atoms with Crippen LogP contribution in [0.3, 0.4) is 0 Å². The third kappa shape index (κ3) is 6.87. The molecule has 128 valence electrons.